The standard InChI is InChI=1S/C10H20OS2/c1-7(2)6-9(11)10-8(3)12-4-5-13-10/h7-11H,4-6H2,1-3H3. The molecule has 0 aromatic carbocycles. The van der Waals surface area contributed by atoms with Gasteiger partial charge in [0, 0.05) is 22.0 Å². The van der Waals surface area contributed by atoms with E-state index in [-0.39, 0.29) is 6.10 Å². The van der Waals surface area contributed by atoms with Crippen molar-refractivity contribution < 1.29 is 5.11 Å². The highest BCUT2D eigenvalue weighted by Crippen LogP contribution is 2.34. The Morgan fingerprint density at radius 3 is 2.46 bits per heavy atom. The molecule has 3 heteroatoms. The second kappa shape index (κ2) is 5.52. The monoisotopic (exact) mass is 220 g/mol. The molecule has 0 radical (unpaired) electrons. The molecule has 0 bridgehead atoms. The minimum Gasteiger partial charge on any atom is -0.392 e. The Hall–Kier alpha value is 0.660. The summed E-state index contributed by atoms with van der Waals surface area (Å²) >= 11 is 3.95. The minimum atomic E-state index is -0.104. The molecule has 1 aliphatic rings. The van der Waals surface area contributed by atoms with Crippen LogP contribution in [0, 0.1) is 5.92 Å². The van der Waals surface area contributed by atoms with E-state index in [1.54, 1.807) is 0 Å². The Morgan fingerprint density at radius 2 is 1.92 bits per heavy atom. The zero-order valence-corrected chi connectivity index (χ0v) is 10.3. The van der Waals surface area contributed by atoms with Crippen LogP contribution in [0.2, 0.25) is 0 Å². The van der Waals surface area contributed by atoms with Crippen LogP contribution in [-0.4, -0.2) is 33.2 Å². The van der Waals surface area contributed by atoms with Crippen LogP contribution in [0.5, 0.6) is 0 Å². The van der Waals surface area contributed by atoms with Gasteiger partial charge < -0.3 is 5.11 Å². The van der Waals surface area contributed by atoms with Crippen LogP contribution in [0.25, 0.3) is 0 Å². The van der Waals surface area contributed by atoms with E-state index < -0.39 is 0 Å². The molecule has 0 saturated carbocycles. The Labute approximate surface area is 90.1 Å². The third-order valence-corrected chi connectivity index (χ3v) is 5.57. The lowest BCUT2D eigenvalue weighted by Crippen LogP contribution is -2.35. The van der Waals surface area contributed by atoms with Gasteiger partial charge in [0.1, 0.15) is 0 Å². The smallest absolute Gasteiger partial charge is 0.0671 e. The van der Waals surface area contributed by atoms with Crippen molar-refractivity contribution in [3.05, 3.63) is 0 Å². The van der Waals surface area contributed by atoms with Crippen molar-refractivity contribution >= 4 is 23.5 Å². The van der Waals surface area contributed by atoms with Crippen molar-refractivity contribution in [3.63, 3.8) is 0 Å². The fourth-order valence-corrected chi connectivity index (χ4v) is 4.55. The van der Waals surface area contributed by atoms with Crippen molar-refractivity contribution in [3.8, 4) is 0 Å². The third kappa shape index (κ3) is 3.72. The molecule has 1 fully saturated rings. The molecule has 1 heterocycles. The van der Waals surface area contributed by atoms with Gasteiger partial charge in [-0.2, -0.15) is 23.5 Å². The van der Waals surface area contributed by atoms with Gasteiger partial charge in [0.05, 0.1) is 6.10 Å². The molecule has 1 saturated heterocycles. The van der Waals surface area contributed by atoms with E-state index in [0.29, 0.717) is 16.4 Å². The van der Waals surface area contributed by atoms with Crippen LogP contribution in [-0.2, 0) is 0 Å². The number of aliphatic hydroxyl groups is 1. The van der Waals surface area contributed by atoms with Gasteiger partial charge in [-0.25, -0.2) is 0 Å². The summed E-state index contributed by atoms with van der Waals surface area (Å²) in [5, 5.41) is 11.1. The first-order valence-corrected chi connectivity index (χ1v) is 7.12. The molecule has 3 atom stereocenters. The maximum absolute atomic E-state index is 9.98. The molecular formula is C10H20OS2. The van der Waals surface area contributed by atoms with E-state index in [9.17, 15) is 5.11 Å². The third-order valence-electron chi connectivity index (χ3n) is 2.33. The van der Waals surface area contributed by atoms with Crippen molar-refractivity contribution in [2.45, 2.75) is 43.8 Å². The van der Waals surface area contributed by atoms with E-state index in [1.165, 1.54) is 11.5 Å². The van der Waals surface area contributed by atoms with E-state index in [1.807, 2.05) is 23.5 Å². The van der Waals surface area contributed by atoms with Crippen molar-refractivity contribution in [2.24, 2.45) is 5.92 Å². The van der Waals surface area contributed by atoms with E-state index in [2.05, 4.69) is 20.8 Å². The van der Waals surface area contributed by atoms with E-state index >= 15 is 0 Å². The van der Waals surface area contributed by atoms with Crippen molar-refractivity contribution in [1.82, 2.24) is 0 Å². The summed E-state index contributed by atoms with van der Waals surface area (Å²) in [5.74, 6) is 3.06. The first kappa shape index (κ1) is 11.7. The molecule has 78 valence electrons. The van der Waals surface area contributed by atoms with Crippen LogP contribution in [0.1, 0.15) is 27.2 Å². The van der Waals surface area contributed by atoms with Crippen LogP contribution >= 0.6 is 23.5 Å². The molecule has 0 amide bonds. The molecule has 0 aromatic rings. The molecule has 0 aromatic heterocycles. The second-order valence-corrected chi connectivity index (χ2v) is 6.88. The van der Waals surface area contributed by atoms with Gasteiger partial charge in [-0.15, -0.1) is 0 Å². The molecule has 1 nitrogen and oxygen atoms in total. The number of hydrogen-bond acceptors (Lipinski definition) is 3. The number of hydrogen-bond donors (Lipinski definition) is 1. The van der Waals surface area contributed by atoms with Gasteiger partial charge in [0.25, 0.3) is 0 Å². The van der Waals surface area contributed by atoms with Crippen molar-refractivity contribution in [2.75, 3.05) is 11.5 Å². The Kier molecular flexibility index (Phi) is 4.98. The van der Waals surface area contributed by atoms with E-state index in [0.717, 1.165) is 6.42 Å². The van der Waals surface area contributed by atoms with Crippen LogP contribution < -0.4 is 0 Å². The Balaban J connectivity index is 2.39. The summed E-state index contributed by atoms with van der Waals surface area (Å²) in [5.41, 5.74) is 0. The molecule has 1 rings (SSSR count). The highest BCUT2D eigenvalue weighted by atomic mass is 32.2. The lowest BCUT2D eigenvalue weighted by molar-refractivity contribution is 0.145. The van der Waals surface area contributed by atoms with Crippen molar-refractivity contribution in [1.29, 1.82) is 0 Å². The molecule has 13 heavy (non-hydrogen) atoms. The average molecular weight is 220 g/mol. The predicted molar refractivity (Wildman–Crippen MR) is 63.6 cm³/mol. The van der Waals surface area contributed by atoms with Gasteiger partial charge in [-0.3, -0.25) is 0 Å². The summed E-state index contributed by atoms with van der Waals surface area (Å²) in [4.78, 5) is 0. The zero-order valence-electron chi connectivity index (χ0n) is 8.69. The second-order valence-electron chi connectivity index (χ2n) is 4.11. The Morgan fingerprint density at radius 1 is 1.31 bits per heavy atom. The number of aliphatic hydroxyl groups excluding tert-OH is 1. The maximum atomic E-state index is 9.98. The van der Waals surface area contributed by atoms with Gasteiger partial charge in [-0.1, -0.05) is 20.8 Å². The van der Waals surface area contributed by atoms with Crippen LogP contribution in [0.15, 0.2) is 0 Å². The quantitative estimate of drug-likeness (QED) is 0.789. The van der Waals surface area contributed by atoms with Gasteiger partial charge >= 0.3 is 0 Å². The predicted octanol–water partition coefficient (Wildman–Crippen LogP) is 2.63. The first-order chi connectivity index (χ1) is 6.11. The molecule has 1 N–H and O–H groups in total. The Bertz CT molecular complexity index is 150. The SMILES string of the molecule is CC(C)CC(O)C1SCCSC1C. The highest BCUT2D eigenvalue weighted by Gasteiger charge is 2.29. The normalized spacial score (nSPS) is 32.1. The van der Waals surface area contributed by atoms with E-state index in [4.69, 9.17) is 0 Å². The molecule has 0 spiro atoms. The van der Waals surface area contributed by atoms with Crippen LogP contribution in [0.3, 0.4) is 0 Å². The summed E-state index contributed by atoms with van der Waals surface area (Å²) < 4.78 is 0. The molecule has 1 aliphatic heterocycles. The zero-order chi connectivity index (χ0) is 9.84. The lowest BCUT2D eigenvalue weighted by Gasteiger charge is -2.32. The highest BCUT2D eigenvalue weighted by molar-refractivity contribution is 8.07. The van der Waals surface area contributed by atoms with Gasteiger partial charge in [0.2, 0.25) is 0 Å². The summed E-state index contributed by atoms with van der Waals surface area (Å²) in [7, 11) is 0. The largest absolute Gasteiger partial charge is 0.392 e. The molecule has 0 aliphatic carbocycles. The fraction of sp³-hybridized carbons (Fsp3) is 1.00. The lowest BCUT2D eigenvalue weighted by atomic mass is 10.0. The maximum Gasteiger partial charge on any atom is 0.0671 e. The topological polar surface area (TPSA) is 20.2 Å². The summed E-state index contributed by atoms with van der Waals surface area (Å²) in [6, 6.07) is 0. The minimum absolute atomic E-state index is 0.104. The number of thioether (sulfide) groups is 2. The summed E-state index contributed by atoms with van der Waals surface area (Å²) in [6.07, 6.45) is 0.843. The molecule has 3 unspecified atom stereocenters. The van der Waals surface area contributed by atoms with Gasteiger partial charge in [-0.05, 0) is 12.3 Å². The molecular weight excluding hydrogens is 200 g/mol. The summed E-state index contributed by atoms with van der Waals surface area (Å²) in [6.45, 7) is 6.59. The average Bonchev–Trinajstić information content (AvgIpc) is 2.03. The van der Waals surface area contributed by atoms with Crippen LogP contribution in [0.4, 0.5) is 0 Å². The first-order valence-electron chi connectivity index (χ1n) is 5.02. The van der Waals surface area contributed by atoms with Gasteiger partial charge in [0.15, 0.2) is 0 Å². The number of rotatable bonds is 3. The fourth-order valence-electron chi connectivity index (χ4n) is 1.69.